The Hall–Kier alpha value is -1.39. The molecule has 2 aliphatic rings. The van der Waals surface area contributed by atoms with E-state index in [4.69, 9.17) is 9.47 Å². The Kier molecular flexibility index (Phi) is 8.32. The van der Waals surface area contributed by atoms with Gasteiger partial charge in [0, 0.05) is 12.2 Å². The molecule has 1 aliphatic heterocycles. The van der Waals surface area contributed by atoms with Crippen LogP contribution in [0.1, 0.15) is 79.3 Å². The highest BCUT2D eigenvalue weighted by atomic mass is 16.7. The number of hydrogen-bond acceptors (Lipinski definition) is 8. The first-order valence-corrected chi connectivity index (χ1v) is 12.0. The average Bonchev–Trinajstić information content (AvgIpc) is 3.06. The lowest BCUT2D eigenvalue weighted by Gasteiger charge is -2.42. The first-order valence-electron chi connectivity index (χ1n) is 12.0. The van der Waals surface area contributed by atoms with Crippen LogP contribution >= 0.6 is 0 Å². The zero-order valence-electron chi connectivity index (χ0n) is 20.0. The number of carbonyl (C=O) groups excluding carboxylic acids is 1. The van der Waals surface area contributed by atoms with Gasteiger partial charge in [0.2, 0.25) is 0 Å². The summed E-state index contributed by atoms with van der Waals surface area (Å²) in [4.78, 5) is 13.9. The van der Waals surface area contributed by atoms with Crippen molar-refractivity contribution < 1.29 is 39.8 Å². The number of aliphatic hydroxyl groups is 5. The van der Waals surface area contributed by atoms with Crippen LogP contribution in [0.15, 0.2) is 6.07 Å². The molecule has 33 heavy (non-hydrogen) atoms. The van der Waals surface area contributed by atoms with E-state index in [1.807, 2.05) is 33.8 Å². The Morgan fingerprint density at radius 2 is 1.64 bits per heavy atom. The number of Topliss-reactive ketones (excluding diaryl/α,β-unsaturated/α-hetero) is 1. The third-order valence-corrected chi connectivity index (χ3v) is 7.61. The molecular formula is C25H38O8. The molecule has 1 heterocycles. The van der Waals surface area contributed by atoms with Crippen molar-refractivity contribution in [2.45, 2.75) is 96.6 Å². The summed E-state index contributed by atoms with van der Waals surface area (Å²) in [6.07, 6.45) is -4.90. The standard InChI is InChI=1S/C25H38O8/c1-5-13-11-16-18(14(6-2)15(13)9-10-26)22(31)25(7-3,8-4)23(16)33-24-21(30)20(29)19(28)17(12-27)32-24/h11,17,19-21,23-24,26-30H,5-10,12H2,1-4H3/t17-,19+,20-,21-,23+,24-/m1/s1. The van der Waals surface area contributed by atoms with Crippen LogP contribution in [0.25, 0.3) is 0 Å². The van der Waals surface area contributed by atoms with Gasteiger partial charge in [0.25, 0.3) is 0 Å². The first-order chi connectivity index (χ1) is 15.8. The van der Waals surface area contributed by atoms with Crippen molar-refractivity contribution in [3.8, 4) is 0 Å². The van der Waals surface area contributed by atoms with Gasteiger partial charge >= 0.3 is 0 Å². The molecule has 5 N–H and O–H groups in total. The minimum absolute atomic E-state index is 0.00945. The fourth-order valence-electron chi connectivity index (χ4n) is 5.59. The van der Waals surface area contributed by atoms with Crippen LogP contribution < -0.4 is 0 Å². The summed E-state index contributed by atoms with van der Waals surface area (Å²) in [5, 5.41) is 50.1. The molecule has 186 valence electrons. The zero-order chi connectivity index (χ0) is 24.5. The van der Waals surface area contributed by atoms with Gasteiger partial charge in [-0.1, -0.05) is 33.8 Å². The van der Waals surface area contributed by atoms with E-state index in [-0.39, 0.29) is 12.4 Å². The second-order valence-corrected chi connectivity index (χ2v) is 9.04. The van der Waals surface area contributed by atoms with E-state index in [1.165, 1.54) is 0 Å². The topological polar surface area (TPSA) is 137 Å². The quantitative estimate of drug-likeness (QED) is 0.366. The third-order valence-electron chi connectivity index (χ3n) is 7.61. The number of benzene rings is 1. The van der Waals surface area contributed by atoms with Crippen molar-refractivity contribution in [1.82, 2.24) is 0 Å². The van der Waals surface area contributed by atoms with Crippen molar-refractivity contribution in [3.63, 3.8) is 0 Å². The number of rotatable bonds is 9. The number of hydrogen-bond donors (Lipinski definition) is 5. The number of fused-ring (bicyclic) bond motifs is 1. The van der Waals surface area contributed by atoms with Gasteiger partial charge in [-0.15, -0.1) is 0 Å². The van der Waals surface area contributed by atoms with Crippen molar-refractivity contribution in [1.29, 1.82) is 0 Å². The van der Waals surface area contributed by atoms with Crippen LogP contribution in [0.2, 0.25) is 0 Å². The second-order valence-electron chi connectivity index (χ2n) is 9.04. The molecule has 3 rings (SSSR count). The van der Waals surface area contributed by atoms with Crippen molar-refractivity contribution in [3.05, 3.63) is 33.9 Å². The average molecular weight is 467 g/mol. The molecule has 8 nitrogen and oxygen atoms in total. The van der Waals surface area contributed by atoms with E-state index in [0.717, 1.165) is 28.7 Å². The first kappa shape index (κ1) is 26.2. The monoisotopic (exact) mass is 466 g/mol. The molecule has 0 radical (unpaired) electrons. The van der Waals surface area contributed by atoms with Gasteiger partial charge < -0.3 is 35.0 Å². The van der Waals surface area contributed by atoms with Crippen LogP contribution in [0.5, 0.6) is 0 Å². The van der Waals surface area contributed by atoms with E-state index in [2.05, 4.69) is 0 Å². The SMILES string of the molecule is CCc1cc2c(c(CC)c1CCO)C(=O)C(CC)(CC)[C@H]2O[C@H]1O[C@H](CO)[C@H](O)[C@@H](O)[C@H]1O. The highest BCUT2D eigenvalue weighted by molar-refractivity contribution is 6.07. The summed E-state index contributed by atoms with van der Waals surface area (Å²) >= 11 is 0. The highest BCUT2D eigenvalue weighted by Crippen LogP contribution is 2.54. The third kappa shape index (κ3) is 4.16. The summed E-state index contributed by atoms with van der Waals surface area (Å²) in [5.74, 6) is -0.0178. The Bertz CT molecular complexity index is 847. The summed E-state index contributed by atoms with van der Waals surface area (Å²) < 4.78 is 11.9. The summed E-state index contributed by atoms with van der Waals surface area (Å²) in [6.45, 7) is 7.32. The summed E-state index contributed by atoms with van der Waals surface area (Å²) in [7, 11) is 0. The second kappa shape index (κ2) is 10.5. The number of aliphatic hydroxyl groups excluding tert-OH is 5. The van der Waals surface area contributed by atoms with Crippen molar-refractivity contribution in [2.75, 3.05) is 13.2 Å². The minimum Gasteiger partial charge on any atom is -0.396 e. The molecule has 0 amide bonds. The van der Waals surface area contributed by atoms with E-state index in [0.29, 0.717) is 31.2 Å². The van der Waals surface area contributed by atoms with Crippen LogP contribution in [0.4, 0.5) is 0 Å². The molecule has 0 spiro atoms. The number of aryl methyl sites for hydroxylation is 1. The maximum Gasteiger partial charge on any atom is 0.187 e. The molecule has 1 aromatic carbocycles. The lowest BCUT2D eigenvalue weighted by atomic mass is 9.76. The largest absolute Gasteiger partial charge is 0.396 e. The Balaban J connectivity index is 2.14. The molecular weight excluding hydrogens is 428 g/mol. The fourth-order valence-corrected chi connectivity index (χ4v) is 5.59. The fraction of sp³-hybridized carbons (Fsp3) is 0.720. The zero-order valence-corrected chi connectivity index (χ0v) is 20.0. The molecule has 1 saturated heterocycles. The molecule has 0 unspecified atom stereocenters. The normalized spacial score (nSPS) is 31.1. The Labute approximate surface area is 195 Å². The van der Waals surface area contributed by atoms with Crippen LogP contribution in [-0.2, 0) is 28.7 Å². The molecule has 6 atom stereocenters. The van der Waals surface area contributed by atoms with E-state index in [9.17, 15) is 30.3 Å². The predicted molar refractivity (Wildman–Crippen MR) is 121 cm³/mol. The predicted octanol–water partition coefficient (Wildman–Crippen LogP) is 1.21. The molecule has 1 aromatic rings. The molecule has 8 heteroatoms. The van der Waals surface area contributed by atoms with Crippen LogP contribution in [0, 0.1) is 5.41 Å². The van der Waals surface area contributed by atoms with Crippen molar-refractivity contribution >= 4 is 5.78 Å². The van der Waals surface area contributed by atoms with E-state index >= 15 is 0 Å². The van der Waals surface area contributed by atoms with Gasteiger partial charge in [0.15, 0.2) is 12.1 Å². The van der Waals surface area contributed by atoms with Gasteiger partial charge in [0.1, 0.15) is 24.4 Å². The van der Waals surface area contributed by atoms with Gasteiger partial charge in [0.05, 0.1) is 18.1 Å². The molecule has 0 aromatic heterocycles. The van der Waals surface area contributed by atoms with Gasteiger partial charge in [-0.05, 0) is 54.4 Å². The van der Waals surface area contributed by atoms with Crippen molar-refractivity contribution in [2.24, 2.45) is 5.41 Å². The minimum atomic E-state index is -1.56. The maximum absolute atomic E-state index is 13.9. The smallest absolute Gasteiger partial charge is 0.187 e. The van der Waals surface area contributed by atoms with Gasteiger partial charge in [-0.25, -0.2) is 0 Å². The maximum atomic E-state index is 13.9. The summed E-state index contributed by atoms with van der Waals surface area (Å²) in [5.41, 5.74) is 3.44. The summed E-state index contributed by atoms with van der Waals surface area (Å²) in [6, 6.07) is 1.97. The Morgan fingerprint density at radius 3 is 2.15 bits per heavy atom. The van der Waals surface area contributed by atoms with E-state index in [1.54, 1.807) is 0 Å². The van der Waals surface area contributed by atoms with Gasteiger partial charge in [-0.3, -0.25) is 4.79 Å². The number of carbonyl (C=O) groups is 1. The number of ether oxygens (including phenoxy) is 2. The number of ketones is 1. The van der Waals surface area contributed by atoms with Crippen LogP contribution in [0.3, 0.4) is 0 Å². The molecule has 1 fully saturated rings. The van der Waals surface area contributed by atoms with Gasteiger partial charge in [-0.2, -0.15) is 0 Å². The Morgan fingerprint density at radius 1 is 0.970 bits per heavy atom. The lowest BCUT2D eigenvalue weighted by molar-refractivity contribution is -0.318. The molecule has 1 aliphatic carbocycles. The van der Waals surface area contributed by atoms with E-state index < -0.39 is 48.8 Å². The molecule has 0 saturated carbocycles. The lowest BCUT2D eigenvalue weighted by Crippen LogP contribution is -2.59. The van der Waals surface area contributed by atoms with Crippen LogP contribution in [-0.4, -0.2) is 75.2 Å². The molecule has 0 bridgehead atoms. The highest BCUT2D eigenvalue weighted by Gasteiger charge is 2.55.